The van der Waals surface area contributed by atoms with Gasteiger partial charge in [0.2, 0.25) is 0 Å². The van der Waals surface area contributed by atoms with E-state index in [1.165, 1.54) is 0 Å². The van der Waals surface area contributed by atoms with Crippen molar-refractivity contribution < 1.29 is 10.2 Å². The van der Waals surface area contributed by atoms with E-state index >= 15 is 0 Å². The molecule has 2 N–H and O–H groups in total. The molecule has 160 valence electrons. The quantitative estimate of drug-likeness (QED) is 0.316. The lowest BCUT2D eigenvalue weighted by molar-refractivity contribution is 0.481. The number of phenolic OH excluding ortho intramolecular Hbond substituents is 2. The van der Waals surface area contributed by atoms with E-state index in [1.807, 2.05) is 115 Å². The fraction of sp³-hybridized carbons (Fsp3) is 0. The van der Waals surface area contributed by atoms with Crippen molar-refractivity contribution in [2.45, 2.75) is 0 Å². The van der Waals surface area contributed by atoms with Gasteiger partial charge in [0.25, 0.3) is 0 Å². The van der Waals surface area contributed by atoms with Gasteiger partial charge in [-0.05, 0) is 24.4 Å². The largest absolute Gasteiger partial charge is 0.507 e. The van der Waals surface area contributed by atoms with Crippen LogP contribution >= 0.6 is 7.92 Å². The highest BCUT2D eigenvalue weighted by Gasteiger charge is 2.25. The Balaban J connectivity index is 1.72. The van der Waals surface area contributed by atoms with Gasteiger partial charge in [0.15, 0.2) is 0 Å². The molecule has 5 rings (SSSR count). The summed E-state index contributed by atoms with van der Waals surface area (Å²) in [5.41, 5.74) is 3.50. The minimum atomic E-state index is -1.20. The van der Waals surface area contributed by atoms with E-state index in [4.69, 9.17) is 0 Å². The maximum absolute atomic E-state index is 11.4. The first kappa shape index (κ1) is 21.0. The molecule has 5 aromatic rings. The van der Waals surface area contributed by atoms with Gasteiger partial charge in [0, 0.05) is 21.7 Å². The van der Waals surface area contributed by atoms with E-state index in [0.29, 0.717) is 0 Å². The molecule has 0 unspecified atom stereocenters. The third-order valence-electron chi connectivity index (χ3n) is 5.70. The van der Waals surface area contributed by atoms with Crippen LogP contribution < -0.4 is 15.9 Å². The average Bonchev–Trinajstić information content (AvgIpc) is 2.88. The highest BCUT2D eigenvalue weighted by molar-refractivity contribution is 7.80. The summed E-state index contributed by atoms with van der Waals surface area (Å²) in [6, 6.07) is 41.7. The Labute approximate surface area is 195 Å². The average molecular weight is 446 g/mol. The van der Waals surface area contributed by atoms with Crippen LogP contribution in [0.4, 0.5) is 0 Å². The van der Waals surface area contributed by atoms with Crippen molar-refractivity contribution in [1.82, 2.24) is 0 Å². The lowest BCUT2D eigenvalue weighted by Gasteiger charge is -2.23. The van der Waals surface area contributed by atoms with Crippen LogP contribution in [-0.2, 0) is 0 Å². The normalized spacial score (nSPS) is 10.9. The summed E-state index contributed by atoms with van der Waals surface area (Å²) in [5.74, 6) is 0.506. The minimum Gasteiger partial charge on any atom is -0.507 e. The first-order valence-corrected chi connectivity index (χ1v) is 12.2. The molecule has 0 aromatic heterocycles. The monoisotopic (exact) mass is 446 g/mol. The third-order valence-corrected chi connectivity index (χ3v) is 8.20. The Morgan fingerprint density at radius 1 is 0.394 bits per heavy atom. The van der Waals surface area contributed by atoms with Crippen molar-refractivity contribution in [3.63, 3.8) is 0 Å². The molecule has 5 aromatic carbocycles. The lowest BCUT2D eigenvalue weighted by Crippen LogP contribution is -2.21. The number of hydrogen-bond donors (Lipinski definition) is 2. The van der Waals surface area contributed by atoms with Crippen molar-refractivity contribution in [2.75, 3.05) is 0 Å². The van der Waals surface area contributed by atoms with Crippen molar-refractivity contribution in [3.8, 4) is 33.8 Å². The zero-order valence-electron chi connectivity index (χ0n) is 18.0. The summed E-state index contributed by atoms with van der Waals surface area (Å²) in [6.07, 6.45) is 0. The van der Waals surface area contributed by atoms with Crippen molar-refractivity contribution >= 4 is 23.8 Å². The Bertz CT molecular complexity index is 1280. The Morgan fingerprint density at radius 3 is 1.21 bits per heavy atom. The maximum atomic E-state index is 11.4. The van der Waals surface area contributed by atoms with Crippen molar-refractivity contribution in [3.05, 3.63) is 127 Å². The van der Waals surface area contributed by atoms with Crippen LogP contribution in [0.15, 0.2) is 127 Å². The smallest absolute Gasteiger partial charge is 0.131 e. The van der Waals surface area contributed by atoms with Crippen LogP contribution in [0.25, 0.3) is 22.3 Å². The standard InChI is InChI=1S/C30H23O2P/c31-29-25(22-12-4-1-5-13-22)18-10-20-27(29)33(24-16-8-3-9-17-24)28-21-11-19-26(30(28)32)23-14-6-2-7-15-23/h1-21,31-32H. The molecule has 33 heavy (non-hydrogen) atoms. The first-order valence-electron chi connectivity index (χ1n) is 10.8. The molecule has 0 fully saturated rings. The molecule has 0 saturated carbocycles. The summed E-state index contributed by atoms with van der Waals surface area (Å²) in [6.45, 7) is 0. The Morgan fingerprint density at radius 2 is 0.788 bits per heavy atom. The summed E-state index contributed by atoms with van der Waals surface area (Å²) < 4.78 is 0. The summed E-state index contributed by atoms with van der Waals surface area (Å²) >= 11 is 0. The van der Waals surface area contributed by atoms with E-state index in [0.717, 1.165) is 38.2 Å². The van der Waals surface area contributed by atoms with E-state index in [9.17, 15) is 10.2 Å². The summed E-state index contributed by atoms with van der Waals surface area (Å²) in [5, 5.41) is 25.6. The molecule has 0 radical (unpaired) electrons. The number of benzene rings is 5. The predicted octanol–water partition coefficient (Wildman–Crippen LogP) is 6.19. The maximum Gasteiger partial charge on any atom is 0.131 e. The van der Waals surface area contributed by atoms with E-state index in [-0.39, 0.29) is 11.5 Å². The molecule has 0 aliphatic rings. The van der Waals surface area contributed by atoms with Gasteiger partial charge in [-0.3, -0.25) is 0 Å². The van der Waals surface area contributed by atoms with Crippen LogP contribution in [0.1, 0.15) is 0 Å². The molecule has 0 saturated heterocycles. The number of aromatic hydroxyl groups is 2. The first-order chi connectivity index (χ1) is 16.2. The molecule has 0 amide bonds. The SMILES string of the molecule is Oc1c(-c2ccccc2)cccc1P(c1ccccc1)c1cccc(-c2ccccc2)c1O. The molecular formula is C30H23O2P. The Kier molecular flexibility index (Phi) is 5.93. The topological polar surface area (TPSA) is 40.5 Å². The number of phenols is 2. The van der Waals surface area contributed by atoms with Crippen molar-refractivity contribution in [2.24, 2.45) is 0 Å². The van der Waals surface area contributed by atoms with Crippen LogP contribution in [-0.4, -0.2) is 10.2 Å². The van der Waals surface area contributed by atoms with Gasteiger partial charge in [-0.25, -0.2) is 0 Å². The minimum absolute atomic E-state index is 0.253. The van der Waals surface area contributed by atoms with Gasteiger partial charge in [0.1, 0.15) is 11.5 Å². The molecule has 0 heterocycles. The molecule has 0 aliphatic carbocycles. The fourth-order valence-corrected chi connectivity index (χ4v) is 6.53. The van der Waals surface area contributed by atoms with Crippen LogP contribution in [0, 0.1) is 0 Å². The molecule has 0 aliphatic heterocycles. The zero-order valence-corrected chi connectivity index (χ0v) is 18.9. The van der Waals surface area contributed by atoms with Gasteiger partial charge < -0.3 is 10.2 Å². The summed E-state index contributed by atoms with van der Waals surface area (Å²) in [4.78, 5) is 0. The molecule has 0 spiro atoms. The van der Waals surface area contributed by atoms with Gasteiger partial charge in [-0.2, -0.15) is 0 Å². The van der Waals surface area contributed by atoms with Gasteiger partial charge in [-0.1, -0.05) is 127 Å². The fourth-order valence-electron chi connectivity index (χ4n) is 4.11. The third kappa shape index (κ3) is 4.14. The van der Waals surface area contributed by atoms with Crippen LogP contribution in [0.5, 0.6) is 11.5 Å². The number of rotatable bonds is 5. The van der Waals surface area contributed by atoms with E-state index in [1.54, 1.807) is 0 Å². The van der Waals surface area contributed by atoms with Crippen LogP contribution in [0.3, 0.4) is 0 Å². The lowest BCUT2D eigenvalue weighted by atomic mass is 10.0. The second-order valence-electron chi connectivity index (χ2n) is 7.75. The zero-order chi connectivity index (χ0) is 22.6. The van der Waals surface area contributed by atoms with Crippen molar-refractivity contribution in [1.29, 1.82) is 0 Å². The van der Waals surface area contributed by atoms with Gasteiger partial charge >= 0.3 is 0 Å². The van der Waals surface area contributed by atoms with E-state index in [2.05, 4.69) is 12.1 Å². The highest BCUT2D eigenvalue weighted by Crippen LogP contribution is 2.43. The Hall–Kier alpha value is -3.87. The predicted molar refractivity (Wildman–Crippen MR) is 139 cm³/mol. The molecule has 3 heteroatoms. The van der Waals surface area contributed by atoms with Crippen LogP contribution in [0.2, 0.25) is 0 Å². The molecule has 2 nitrogen and oxygen atoms in total. The van der Waals surface area contributed by atoms with Gasteiger partial charge in [-0.15, -0.1) is 0 Å². The molecule has 0 atom stereocenters. The second kappa shape index (κ2) is 9.32. The van der Waals surface area contributed by atoms with Gasteiger partial charge in [0.05, 0.1) is 0 Å². The van der Waals surface area contributed by atoms with E-state index < -0.39 is 7.92 Å². The number of hydrogen-bond acceptors (Lipinski definition) is 2. The molecular weight excluding hydrogens is 423 g/mol. The number of para-hydroxylation sites is 2. The summed E-state index contributed by atoms with van der Waals surface area (Å²) in [7, 11) is -1.20. The molecule has 0 bridgehead atoms. The highest BCUT2D eigenvalue weighted by atomic mass is 31.1. The second-order valence-corrected chi connectivity index (χ2v) is 9.90.